The van der Waals surface area contributed by atoms with Crippen molar-refractivity contribution in [3.05, 3.63) is 51.7 Å². The number of hydrogen-bond donors (Lipinski definition) is 1. The minimum absolute atomic E-state index is 0.167. The minimum atomic E-state index is -1.05. The predicted octanol–water partition coefficient (Wildman–Crippen LogP) is 2.02. The van der Waals surface area contributed by atoms with Crippen LogP contribution in [0.25, 0.3) is 0 Å². The Morgan fingerprint density at radius 1 is 1.36 bits per heavy atom. The molecule has 0 bridgehead atoms. The zero-order valence-corrected chi connectivity index (χ0v) is 13.4. The number of halogens is 2. The number of carboxylic acids is 1. The Balaban J connectivity index is 1.70. The second kappa shape index (κ2) is 5.50. The van der Waals surface area contributed by atoms with Gasteiger partial charge in [0, 0.05) is 17.9 Å². The summed E-state index contributed by atoms with van der Waals surface area (Å²) in [7, 11) is 0. The third-order valence-corrected chi connectivity index (χ3v) is 5.22. The number of carboxylic acid groups (broad SMARTS) is 1. The molecule has 1 N–H and O–H groups in total. The van der Waals surface area contributed by atoms with Crippen LogP contribution >= 0.6 is 0 Å². The predicted molar refractivity (Wildman–Crippen MR) is 83.4 cm³/mol. The molecule has 0 unspecified atom stereocenters. The largest absolute Gasteiger partial charge is 0.480 e. The number of aliphatic carboxylic acids is 1. The maximum absolute atomic E-state index is 14.2. The van der Waals surface area contributed by atoms with E-state index in [1.807, 2.05) is 0 Å². The Labute approximate surface area is 141 Å². The standard InChI is InChI=1S/C17H17F2N3O3/c18-10-4-5-11(12(19)8-10)17(6-7-17)9-21-16(25)22-13(15(23)24)2-1-3-14(22)20-21/h4-5,8,13H,1-3,6-7,9H2,(H,23,24)/t13-/m0/s1. The summed E-state index contributed by atoms with van der Waals surface area (Å²) in [6.07, 6.45) is 2.94. The minimum Gasteiger partial charge on any atom is -0.480 e. The van der Waals surface area contributed by atoms with Gasteiger partial charge in [-0.15, -0.1) is 0 Å². The number of aromatic nitrogens is 3. The number of benzene rings is 1. The fourth-order valence-corrected chi connectivity index (χ4v) is 3.74. The molecule has 1 aliphatic carbocycles. The summed E-state index contributed by atoms with van der Waals surface area (Å²) in [6, 6.07) is 2.57. The van der Waals surface area contributed by atoms with Crippen molar-refractivity contribution in [1.29, 1.82) is 0 Å². The highest BCUT2D eigenvalue weighted by Gasteiger charge is 2.47. The first kappa shape index (κ1) is 16.0. The molecule has 1 fully saturated rings. The molecular weight excluding hydrogens is 332 g/mol. The lowest BCUT2D eigenvalue weighted by molar-refractivity contribution is -0.141. The molecule has 1 aromatic carbocycles. The van der Waals surface area contributed by atoms with E-state index in [2.05, 4.69) is 5.10 Å². The molecule has 132 valence electrons. The summed E-state index contributed by atoms with van der Waals surface area (Å²) in [4.78, 5) is 24.0. The summed E-state index contributed by atoms with van der Waals surface area (Å²) in [5.41, 5.74) is -0.678. The van der Waals surface area contributed by atoms with Gasteiger partial charge in [0.1, 0.15) is 23.5 Å². The van der Waals surface area contributed by atoms with Gasteiger partial charge in [-0.1, -0.05) is 6.07 Å². The molecule has 8 heteroatoms. The van der Waals surface area contributed by atoms with Gasteiger partial charge >= 0.3 is 11.7 Å². The Kier molecular flexibility index (Phi) is 3.52. The second-order valence-electron chi connectivity index (χ2n) is 6.88. The van der Waals surface area contributed by atoms with E-state index in [9.17, 15) is 23.5 Å². The first-order valence-corrected chi connectivity index (χ1v) is 8.28. The van der Waals surface area contributed by atoms with Crippen molar-refractivity contribution < 1.29 is 18.7 Å². The molecule has 1 atom stereocenters. The molecule has 1 aliphatic heterocycles. The van der Waals surface area contributed by atoms with E-state index in [4.69, 9.17) is 0 Å². The molecule has 2 heterocycles. The van der Waals surface area contributed by atoms with Crippen molar-refractivity contribution in [2.24, 2.45) is 0 Å². The lowest BCUT2D eigenvalue weighted by atomic mass is 9.95. The van der Waals surface area contributed by atoms with Gasteiger partial charge in [0.25, 0.3) is 0 Å². The molecule has 0 spiro atoms. The van der Waals surface area contributed by atoms with E-state index >= 15 is 0 Å². The summed E-state index contributed by atoms with van der Waals surface area (Å²) in [5, 5.41) is 13.6. The van der Waals surface area contributed by atoms with Gasteiger partial charge in [-0.25, -0.2) is 23.1 Å². The normalized spacial score (nSPS) is 21.0. The van der Waals surface area contributed by atoms with Crippen molar-refractivity contribution in [3.8, 4) is 0 Å². The van der Waals surface area contributed by atoms with E-state index in [1.54, 1.807) is 0 Å². The zero-order chi connectivity index (χ0) is 17.8. The van der Waals surface area contributed by atoms with Crippen LogP contribution in [-0.4, -0.2) is 25.4 Å². The summed E-state index contributed by atoms with van der Waals surface area (Å²) in [6.45, 7) is 0.167. The molecule has 1 aromatic heterocycles. The molecule has 2 aromatic rings. The van der Waals surface area contributed by atoms with Crippen molar-refractivity contribution in [2.75, 3.05) is 0 Å². The van der Waals surface area contributed by atoms with Crippen molar-refractivity contribution in [2.45, 2.75) is 50.1 Å². The second-order valence-corrected chi connectivity index (χ2v) is 6.88. The molecule has 6 nitrogen and oxygen atoms in total. The van der Waals surface area contributed by atoms with E-state index in [-0.39, 0.29) is 6.54 Å². The zero-order valence-electron chi connectivity index (χ0n) is 13.4. The molecule has 2 aliphatic rings. The summed E-state index contributed by atoms with van der Waals surface area (Å²) < 4.78 is 29.8. The van der Waals surface area contributed by atoms with Crippen LogP contribution in [0.1, 0.15) is 43.1 Å². The Hall–Kier alpha value is -2.51. The van der Waals surface area contributed by atoms with Crippen LogP contribution in [0.5, 0.6) is 0 Å². The number of fused-ring (bicyclic) bond motifs is 1. The van der Waals surface area contributed by atoms with Crippen molar-refractivity contribution in [1.82, 2.24) is 14.3 Å². The lowest BCUT2D eigenvalue weighted by Crippen LogP contribution is -2.35. The fourth-order valence-electron chi connectivity index (χ4n) is 3.74. The Morgan fingerprint density at radius 3 is 2.76 bits per heavy atom. The first-order chi connectivity index (χ1) is 11.9. The van der Waals surface area contributed by atoms with Gasteiger partial charge < -0.3 is 5.11 Å². The monoisotopic (exact) mass is 349 g/mol. The Morgan fingerprint density at radius 2 is 2.12 bits per heavy atom. The smallest absolute Gasteiger partial charge is 0.346 e. The Bertz CT molecular complexity index is 914. The highest BCUT2D eigenvalue weighted by Crippen LogP contribution is 2.50. The fraction of sp³-hybridized carbons (Fsp3) is 0.471. The third kappa shape index (κ3) is 2.56. The highest BCUT2D eigenvalue weighted by atomic mass is 19.1. The number of hydrogen-bond acceptors (Lipinski definition) is 3. The van der Waals surface area contributed by atoms with Gasteiger partial charge in [0.15, 0.2) is 0 Å². The molecule has 25 heavy (non-hydrogen) atoms. The molecule has 4 rings (SSSR count). The van der Waals surface area contributed by atoms with Crippen LogP contribution in [0.4, 0.5) is 8.78 Å². The first-order valence-electron chi connectivity index (χ1n) is 8.28. The summed E-state index contributed by atoms with van der Waals surface area (Å²) >= 11 is 0. The summed E-state index contributed by atoms with van der Waals surface area (Å²) in [5.74, 6) is -1.86. The van der Waals surface area contributed by atoms with Crippen LogP contribution in [0.15, 0.2) is 23.0 Å². The van der Waals surface area contributed by atoms with Crippen LogP contribution < -0.4 is 5.69 Å². The van der Waals surface area contributed by atoms with E-state index in [1.165, 1.54) is 21.4 Å². The van der Waals surface area contributed by atoms with Gasteiger partial charge in [0.2, 0.25) is 0 Å². The van der Waals surface area contributed by atoms with E-state index < -0.39 is 34.8 Å². The van der Waals surface area contributed by atoms with Gasteiger partial charge in [-0.3, -0.25) is 4.57 Å². The molecular formula is C17H17F2N3O3. The SMILES string of the molecule is O=C(O)[C@@H]1CCCc2nn(CC3(c4ccc(F)cc4F)CC3)c(=O)n21. The van der Waals surface area contributed by atoms with Gasteiger partial charge in [-0.2, -0.15) is 5.10 Å². The number of aryl methyl sites for hydroxylation is 1. The number of rotatable bonds is 4. The maximum atomic E-state index is 14.2. The average Bonchev–Trinajstić information content (AvgIpc) is 3.26. The van der Waals surface area contributed by atoms with Crippen LogP contribution in [0, 0.1) is 11.6 Å². The van der Waals surface area contributed by atoms with Gasteiger partial charge in [0.05, 0.1) is 6.54 Å². The van der Waals surface area contributed by atoms with Crippen LogP contribution in [0.3, 0.4) is 0 Å². The number of carbonyl (C=O) groups is 1. The van der Waals surface area contributed by atoms with E-state index in [0.717, 1.165) is 6.07 Å². The number of nitrogens with zero attached hydrogens (tertiary/aromatic N) is 3. The van der Waals surface area contributed by atoms with E-state index in [0.29, 0.717) is 43.5 Å². The molecule has 0 saturated heterocycles. The molecule has 1 saturated carbocycles. The van der Waals surface area contributed by atoms with Crippen molar-refractivity contribution in [3.63, 3.8) is 0 Å². The molecule has 0 radical (unpaired) electrons. The third-order valence-electron chi connectivity index (χ3n) is 5.22. The van der Waals surface area contributed by atoms with Gasteiger partial charge in [-0.05, 0) is 37.3 Å². The highest BCUT2D eigenvalue weighted by molar-refractivity contribution is 5.72. The maximum Gasteiger partial charge on any atom is 0.346 e. The lowest BCUT2D eigenvalue weighted by Gasteiger charge is -2.19. The molecule has 0 amide bonds. The topological polar surface area (TPSA) is 77.1 Å². The van der Waals surface area contributed by atoms with Crippen LogP contribution in [-0.2, 0) is 23.2 Å². The quantitative estimate of drug-likeness (QED) is 0.916. The van der Waals surface area contributed by atoms with Crippen LogP contribution in [0.2, 0.25) is 0 Å². The van der Waals surface area contributed by atoms with Crippen molar-refractivity contribution >= 4 is 5.97 Å². The average molecular weight is 349 g/mol.